The molecule has 0 atom stereocenters. The molecule has 0 fully saturated rings. The normalized spacial score (nSPS) is 11.0. The molecule has 114 valence electrons. The van der Waals surface area contributed by atoms with Crippen LogP contribution in [0.5, 0.6) is 5.75 Å². The number of H-pyrrole nitrogens is 1. The van der Waals surface area contributed by atoms with Crippen LogP contribution in [0.3, 0.4) is 0 Å². The smallest absolute Gasteiger partial charge is 0.180 e. The number of aromatic amines is 1. The van der Waals surface area contributed by atoms with E-state index in [2.05, 4.69) is 22.1 Å². The van der Waals surface area contributed by atoms with Crippen molar-refractivity contribution in [2.45, 2.75) is 6.61 Å². The Balaban J connectivity index is 1.64. The summed E-state index contributed by atoms with van der Waals surface area (Å²) in [5, 5.41) is 3.63. The van der Waals surface area contributed by atoms with E-state index in [9.17, 15) is 0 Å². The molecule has 0 aliphatic heterocycles. The SMILES string of the molecule is Nc1nc(-c2c[nH]c3ccc(OCc4ccccc4)cc23)cs1. The number of aromatic nitrogens is 2. The van der Waals surface area contributed by atoms with Gasteiger partial charge in [0.2, 0.25) is 0 Å². The highest BCUT2D eigenvalue weighted by Crippen LogP contribution is 2.32. The molecule has 3 N–H and O–H groups in total. The highest BCUT2D eigenvalue weighted by molar-refractivity contribution is 7.13. The van der Waals surface area contributed by atoms with Crippen molar-refractivity contribution in [2.24, 2.45) is 0 Å². The molecule has 2 aromatic carbocycles. The number of nitrogens with one attached hydrogen (secondary N) is 1. The Morgan fingerprint density at radius 2 is 2.00 bits per heavy atom. The first kappa shape index (κ1) is 13.8. The van der Waals surface area contributed by atoms with Crippen LogP contribution in [0, 0.1) is 0 Å². The summed E-state index contributed by atoms with van der Waals surface area (Å²) in [6.07, 6.45) is 1.96. The standard InChI is InChI=1S/C18H15N3OS/c19-18-21-17(11-23-18)15-9-20-16-7-6-13(8-14(15)16)22-10-12-4-2-1-3-5-12/h1-9,11,20H,10H2,(H2,19,21). The number of fused-ring (bicyclic) bond motifs is 1. The second kappa shape index (κ2) is 5.78. The lowest BCUT2D eigenvalue weighted by molar-refractivity contribution is 0.306. The van der Waals surface area contributed by atoms with Crippen molar-refractivity contribution in [3.8, 4) is 17.0 Å². The van der Waals surface area contributed by atoms with E-state index >= 15 is 0 Å². The molecular formula is C18H15N3OS. The maximum absolute atomic E-state index is 5.91. The average Bonchev–Trinajstić information content (AvgIpc) is 3.19. The van der Waals surface area contributed by atoms with E-state index in [0.717, 1.165) is 33.5 Å². The Hall–Kier alpha value is -2.79. The van der Waals surface area contributed by atoms with Gasteiger partial charge in [0.1, 0.15) is 12.4 Å². The third-order valence-corrected chi connectivity index (χ3v) is 4.37. The Morgan fingerprint density at radius 1 is 1.13 bits per heavy atom. The van der Waals surface area contributed by atoms with Crippen molar-refractivity contribution in [1.82, 2.24) is 9.97 Å². The van der Waals surface area contributed by atoms with E-state index < -0.39 is 0 Å². The molecule has 23 heavy (non-hydrogen) atoms. The van der Waals surface area contributed by atoms with Crippen LogP contribution in [-0.4, -0.2) is 9.97 Å². The van der Waals surface area contributed by atoms with Gasteiger partial charge in [-0.1, -0.05) is 30.3 Å². The molecule has 0 bridgehead atoms. The summed E-state index contributed by atoms with van der Waals surface area (Å²) in [6, 6.07) is 16.2. The van der Waals surface area contributed by atoms with E-state index in [1.165, 1.54) is 11.3 Å². The van der Waals surface area contributed by atoms with Crippen molar-refractivity contribution >= 4 is 27.4 Å². The highest BCUT2D eigenvalue weighted by Gasteiger charge is 2.10. The van der Waals surface area contributed by atoms with E-state index in [-0.39, 0.29) is 0 Å². The van der Waals surface area contributed by atoms with Crippen molar-refractivity contribution in [2.75, 3.05) is 5.73 Å². The fourth-order valence-electron chi connectivity index (χ4n) is 2.55. The van der Waals surface area contributed by atoms with Gasteiger partial charge in [-0.05, 0) is 23.8 Å². The number of ether oxygens (including phenoxy) is 1. The molecule has 0 radical (unpaired) electrons. The maximum atomic E-state index is 5.91. The Bertz CT molecular complexity index is 943. The fourth-order valence-corrected chi connectivity index (χ4v) is 3.12. The number of hydrogen-bond acceptors (Lipinski definition) is 4. The van der Waals surface area contributed by atoms with Gasteiger partial charge in [-0.2, -0.15) is 0 Å². The molecule has 0 aliphatic carbocycles. The van der Waals surface area contributed by atoms with Crippen LogP contribution < -0.4 is 10.5 Å². The summed E-state index contributed by atoms with van der Waals surface area (Å²) in [4.78, 5) is 7.63. The molecule has 0 saturated heterocycles. The minimum atomic E-state index is 0.551. The number of hydrogen-bond donors (Lipinski definition) is 2. The van der Waals surface area contributed by atoms with Crippen LogP contribution in [0.25, 0.3) is 22.2 Å². The minimum absolute atomic E-state index is 0.551. The van der Waals surface area contributed by atoms with Crippen LogP contribution in [0.15, 0.2) is 60.1 Å². The van der Waals surface area contributed by atoms with Gasteiger partial charge < -0.3 is 15.5 Å². The first-order chi connectivity index (χ1) is 11.3. The zero-order valence-corrected chi connectivity index (χ0v) is 13.1. The van der Waals surface area contributed by atoms with Gasteiger partial charge in [0.15, 0.2) is 5.13 Å². The number of nitrogen functional groups attached to an aromatic ring is 1. The lowest BCUT2D eigenvalue weighted by Crippen LogP contribution is -1.94. The molecule has 0 amide bonds. The predicted octanol–water partition coefficient (Wildman–Crippen LogP) is 4.45. The van der Waals surface area contributed by atoms with Crippen LogP contribution in [-0.2, 0) is 6.61 Å². The first-order valence-corrected chi connectivity index (χ1v) is 8.17. The number of nitrogens with two attached hydrogens (primary N) is 1. The molecule has 2 heterocycles. The zero-order chi connectivity index (χ0) is 15.6. The third kappa shape index (κ3) is 2.78. The monoisotopic (exact) mass is 321 g/mol. The second-order valence-corrected chi connectivity index (χ2v) is 6.14. The summed E-state index contributed by atoms with van der Waals surface area (Å²) in [6.45, 7) is 0.551. The van der Waals surface area contributed by atoms with Crippen LogP contribution in [0.2, 0.25) is 0 Å². The van der Waals surface area contributed by atoms with Crippen molar-refractivity contribution in [3.05, 3.63) is 65.7 Å². The fraction of sp³-hybridized carbons (Fsp3) is 0.0556. The summed E-state index contributed by atoms with van der Waals surface area (Å²) in [5.74, 6) is 0.838. The number of benzene rings is 2. The molecule has 0 spiro atoms. The largest absolute Gasteiger partial charge is 0.489 e. The second-order valence-electron chi connectivity index (χ2n) is 5.25. The van der Waals surface area contributed by atoms with Gasteiger partial charge in [0, 0.05) is 28.0 Å². The van der Waals surface area contributed by atoms with Gasteiger partial charge in [-0.3, -0.25) is 0 Å². The number of rotatable bonds is 4. The van der Waals surface area contributed by atoms with Gasteiger partial charge in [-0.25, -0.2) is 4.98 Å². The molecule has 4 aromatic rings. The van der Waals surface area contributed by atoms with E-state index in [1.54, 1.807) is 0 Å². The summed E-state index contributed by atoms with van der Waals surface area (Å²) < 4.78 is 5.91. The number of nitrogens with zero attached hydrogens (tertiary/aromatic N) is 1. The Labute approximate surface area is 137 Å². The topological polar surface area (TPSA) is 63.9 Å². The minimum Gasteiger partial charge on any atom is -0.489 e. The molecule has 2 aromatic heterocycles. The van der Waals surface area contributed by atoms with Crippen molar-refractivity contribution < 1.29 is 4.74 Å². The van der Waals surface area contributed by atoms with Gasteiger partial charge >= 0.3 is 0 Å². The van der Waals surface area contributed by atoms with Gasteiger partial charge in [-0.15, -0.1) is 11.3 Å². The van der Waals surface area contributed by atoms with Crippen molar-refractivity contribution in [1.29, 1.82) is 0 Å². The molecular weight excluding hydrogens is 306 g/mol. The van der Waals surface area contributed by atoms with Crippen LogP contribution in [0.1, 0.15) is 5.56 Å². The predicted molar refractivity (Wildman–Crippen MR) is 94.6 cm³/mol. The van der Waals surface area contributed by atoms with E-state index in [0.29, 0.717) is 11.7 Å². The molecule has 4 nitrogen and oxygen atoms in total. The maximum Gasteiger partial charge on any atom is 0.180 e. The third-order valence-electron chi connectivity index (χ3n) is 3.70. The molecule has 4 rings (SSSR count). The lowest BCUT2D eigenvalue weighted by Gasteiger charge is -2.06. The van der Waals surface area contributed by atoms with Crippen LogP contribution in [0.4, 0.5) is 5.13 Å². The summed E-state index contributed by atoms with van der Waals surface area (Å²) in [5.41, 5.74) is 9.87. The Kier molecular flexibility index (Phi) is 3.48. The summed E-state index contributed by atoms with van der Waals surface area (Å²) >= 11 is 1.44. The summed E-state index contributed by atoms with van der Waals surface area (Å²) in [7, 11) is 0. The molecule has 0 saturated carbocycles. The first-order valence-electron chi connectivity index (χ1n) is 7.29. The van der Waals surface area contributed by atoms with Gasteiger partial charge in [0.05, 0.1) is 5.69 Å². The Morgan fingerprint density at radius 3 is 2.78 bits per heavy atom. The van der Waals surface area contributed by atoms with Crippen LogP contribution >= 0.6 is 11.3 Å². The quantitative estimate of drug-likeness (QED) is 0.583. The number of thiazole rings is 1. The number of anilines is 1. The van der Waals surface area contributed by atoms with E-state index in [4.69, 9.17) is 10.5 Å². The molecule has 0 unspecified atom stereocenters. The highest BCUT2D eigenvalue weighted by atomic mass is 32.1. The van der Waals surface area contributed by atoms with E-state index in [1.807, 2.05) is 48.0 Å². The van der Waals surface area contributed by atoms with Crippen molar-refractivity contribution in [3.63, 3.8) is 0 Å². The molecule has 5 heteroatoms. The average molecular weight is 321 g/mol. The van der Waals surface area contributed by atoms with Gasteiger partial charge in [0.25, 0.3) is 0 Å². The molecule has 0 aliphatic rings. The lowest BCUT2D eigenvalue weighted by atomic mass is 10.1. The zero-order valence-electron chi connectivity index (χ0n) is 12.3.